The molecule has 2 aromatic heterocycles. The molecule has 1 aromatic carbocycles. The Hall–Kier alpha value is -2.83. The maximum Gasteiger partial charge on any atom is 0.239 e. The largest absolute Gasteiger partial charge is 0.464 e. The highest BCUT2D eigenvalue weighted by Crippen LogP contribution is 2.31. The Bertz CT molecular complexity index is 995. The summed E-state index contributed by atoms with van der Waals surface area (Å²) in [6, 6.07) is 2.16. The number of aromatic amines is 1. The minimum atomic E-state index is 0.144. The number of aromatic nitrogens is 3. The van der Waals surface area contributed by atoms with Crippen molar-refractivity contribution in [2.75, 3.05) is 18.8 Å². The molecule has 0 atom stereocenters. The van der Waals surface area contributed by atoms with Crippen molar-refractivity contribution in [2.45, 2.75) is 46.0 Å². The van der Waals surface area contributed by atoms with Crippen molar-refractivity contribution in [2.24, 2.45) is 0 Å². The van der Waals surface area contributed by atoms with Crippen LogP contribution in [0.25, 0.3) is 11.0 Å². The van der Waals surface area contributed by atoms with E-state index in [1.807, 2.05) is 4.90 Å². The summed E-state index contributed by atoms with van der Waals surface area (Å²) in [6.07, 6.45) is 3.84. The van der Waals surface area contributed by atoms with Crippen LogP contribution >= 0.6 is 0 Å². The van der Waals surface area contributed by atoms with Gasteiger partial charge in [-0.3, -0.25) is 9.89 Å². The van der Waals surface area contributed by atoms with Crippen LogP contribution in [0.2, 0.25) is 0 Å². The highest BCUT2D eigenvalue weighted by molar-refractivity contribution is 5.92. The van der Waals surface area contributed by atoms with Crippen LogP contribution in [0.4, 0.5) is 5.95 Å². The van der Waals surface area contributed by atoms with E-state index in [2.05, 4.69) is 42.0 Å². The number of carbonyl (C=O) groups excluding carboxylic acids is 1. The molecule has 7 nitrogen and oxygen atoms in total. The molecule has 0 saturated carbocycles. The van der Waals surface area contributed by atoms with Gasteiger partial charge in [0.05, 0.1) is 12.7 Å². The van der Waals surface area contributed by atoms with Gasteiger partial charge in [0.15, 0.2) is 0 Å². The number of H-pyrrole nitrogens is 1. The lowest BCUT2D eigenvalue weighted by Crippen LogP contribution is -2.39. The fraction of sp³-hybridized carbons (Fsp3) is 0.450. The standard InChI is InChI=1S/C20H25N5O2/c1-11-8-12(2)17-15(10-27-18(17)13(11)3)9-16(26)25-6-4-14(5-7-25)19-22-20(21)24-23-19/h8,10,14H,4-7,9H2,1-3H3,(H3,21,22,23,24). The number of hydrogen-bond acceptors (Lipinski definition) is 5. The number of nitrogen functional groups attached to an aromatic ring is 1. The predicted octanol–water partition coefficient (Wildman–Crippen LogP) is 3.01. The smallest absolute Gasteiger partial charge is 0.239 e. The number of nitrogens with zero attached hydrogens (tertiary/aromatic N) is 3. The Morgan fingerprint density at radius 3 is 2.70 bits per heavy atom. The van der Waals surface area contributed by atoms with Crippen LogP contribution in [0.5, 0.6) is 0 Å². The summed E-state index contributed by atoms with van der Waals surface area (Å²) in [4.78, 5) is 19.0. The second-order valence-electron chi connectivity index (χ2n) is 7.51. The van der Waals surface area contributed by atoms with Crippen LogP contribution in [-0.4, -0.2) is 39.1 Å². The quantitative estimate of drug-likeness (QED) is 0.741. The van der Waals surface area contributed by atoms with Crippen LogP contribution in [0.3, 0.4) is 0 Å². The van der Waals surface area contributed by atoms with E-state index in [-0.39, 0.29) is 17.8 Å². The first-order valence-electron chi connectivity index (χ1n) is 9.36. The van der Waals surface area contributed by atoms with Gasteiger partial charge in [-0.2, -0.15) is 4.98 Å². The van der Waals surface area contributed by atoms with Crippen LogP contribution < -0.4 is 5.73 Å². The number of hydrogen-bond donors (Lipinski definition) is 2. The zero-order valence-corrected chi connectivity index (χ0v) is 16.0. The molecule has 3 aromatic rings. The van der Waals surface area contributed by atoms with E-state index in [0.29, 0.717) is 6.42 Å². The van der Waals surface area contributed by atoms with Crippen LogP contribution in [0.1, 0.15) is 46.8 Å². The number of furan rings is 1. The van der Waals surface area contributed by atoms with Gasteiger partial charge in [-0.25, -0.2) is 0 Å². The fourth-order valence-corrected chi connectivity index (χ4v) is 4.06. The number of fused-ring (bicyclic) bond motifs is 1. The first kappa shape index (κ1) is 17.6. The summed E-state index contributed by atoms with van der Waals surface area (Å²) in [5, 5.41) is 7.87. The van der Waals surface area contributed by atoms with E-state index in [1.165, 1.54) is 5.56 Å². The molecule has 0 unspecified atom stereocenters. The summed E-state index contributed by atoms with van der Waals surface area (Å²) in [7, 11) is 0. The van der Waals surface area contributed by atoms with E-state index in [1.54, 1.807) is 6.26 Å². The number of carbonyl (C=O) groups is 1. The maximum atomic E-state index is 12.8. The first-order valence-corrected chi connectivity index (χ1v) is 9.36. The SMILES string of the molecule is Cc1cc(C)c2c(CC(=O)N3CCC(c4nc(N)n[nH]4)CC3)coc2c1C. The third kappa shape index (κ3) is 3.18. The molecule has 27 heavy (non-hydrogen) atoms. The third-order valence-electron chi connectivity index (χ3n) is 5.72. The van der Waals surface area contributed by atoms with Crippen molar-refractivity contribution in [3.63, 3.8) is 0 Å². The van der Waals surface area contributed by atoms with Gasteiger partial charge in [-0.05, 0) is 50.3 Å². The molecule has 1 aliphatic heterocycles. The monoisotopic (exact) mass is 367 g/mol. The Balaban J connectivity index is 1.46. The lowest BCUT2D eigenvalue weighted by Gasteiger charge is -2.31. The summed E-state index contributed by atoms with van der Waals surface area (Å²) in [5.74, 6) is 1.52. The van der Waals surface area contributed by atoms with Crippen molar-refractivity contribution in [1.29, 1.82) is 0 Å². The average molecular weight is 367 g/mol. The van der Waals surface area contributed by atoms with Crippen molar-refractivity contribution in [3.05, 3.63) is 40.4 Å². The van der Waals surface area contributed by atoms with Crippen molar-refractivity contribution in [1.82, 2.24) is 20.1 Å². The lowest BCUT2D eigenvalue weighted by atomic mass is 9.95. The molecule has 0 spiro atoms. The van der Waals surface area contributed by atoms with E-state index < -0.39 is 0 Å². The number of rotatable bonds is 3. The number of benzene rings is 1. The molecule has 0 bridgehead atoms. The molecule has 142 valence electrons. The molecule has 0 radical (unpaired) electrons. The molecule has 1 amide bonds. The molecule has 4 rings (SSSR count). The Morgan fingerprint density at radius 1 is 1.30 bits per heavy atom. The van der Waals surface area contributed by atoms with Gasteiger partial charge in [0.25, 0.3) is 0 Å². The number of anilines is 1. The number of nitrogens with one attached hydrogen (secondary N) is 1. The van der Waals surface area contributed by atoms with Crippen molar-refractivity contribution < 1.29 is 9.21 Å². The van der Waals surface area contributed by atoms with E-state index in [4.69, 9.17) is 10.2 Å². The molecule has 1 saturated heterocycles. The molecule has 1 aliphatic rings. The summed E-state index contributed by atoms with van der Waals surface area (Å²) < 4.78 is 5.80. The van der Waals surface area contributed by atoms with Gasteiger partial charge in [0, 0.05) is 30.0 Å². The van der Waals surface area contributed by atoms with E-state index in [0.717, 1.165) is 59.4 Å². The van der Waals surface area contributed by atoms with Crippen LogP contribution in [-0.2, 0) is 11.2 Å². The Labute approximate surface area is 157 Å². The number of likely N-dealkylation sites (tertiary alicyclic amines) is 1. The summed E-state index contributed by atoms with van der Waals surface area (Å²) in [5.41, 5.74) is 11.0. The predicted molar refractivity (Wildman–Crippen MR) is 103 cm³/mol. The minimum Gasteiger partial charge on any atom is -0.464 e. The average Bonchev–Trinajstić information content (AvgIpc) is 3.27. The van der Waals surface area contributed by atoms with E-state index >= 15 is 0 Å². The number of piperidine rings is 1. The Morgan fingerprint density at radius 2 is 2.04 bits per heavy atom. The first-order chi connectivity index (χ1) is 12.9. The summed E-state index contributed by atoms with van der Waals surface area (Å²) in [6.45, 7) is 7.66. The van der Waals surface area contributed by atoms with Gasteiger partial charge >= 0.3 is 0 Å². The second-order valence-corrected chi connectivity index (χ2v) is 7.51. The third-order valence-corrected chi connectivity index (χ3v) is 5.72. The topological polar surface area (TPSA) is 101 Å². The highest BCUT2D eigenvalue weighted by Gasteiger charge is 2.26. The molecule has 1 fully saturated rings. The van der Waals surface area contributed by atoms with E-state index in [9.17, 15) is 4.79 Å². The molecule has 7 heteroatoms. The fourth-order valence-electron chi connectivity index (χ4n) is 4.06. The van der Waals surface area contributed by atoms with Crippen molar-refractivity contribution in [3.8, 4) is 0 Å². The van der Waals surface area contributed by atoms with Crippen LogP contribution in [0.15, 0.2) is 16.7 Å². The molecule has 3 heterocycles. The zero-order valence-electron chi connectivity index (χ0n) is 16.0. The lowest BCUT2D eigenvalue weighted by molar-refractivity contribution is -0.131. The molecular weight excluding hydrogens is 342 g/mol. The molecular formula is C20H25N5O2. The van der Waals surface area contributed by atoms with Gasteiger partial charge in [0.2, 0.25) is 11.9 Å². The van der Waals surface area contributed by atoms with Gasteiger partial charge < -0.3 is 15.1 Å². The molecule has 3 N–H and O–H groups in total. The minimum absolute atomic E-state index is 0.144. The summed E-state index contributed by atoms with van der Waals surface area (Å²) >= 11 is 0. The van der Waals surface area contributed by atoms with Gasteiger partial charge in [-0.1, -0.05) is 6.07 Å². The highest BCUT2D eigenvalue weighted by atomic mass is 16.3. The Kier molecular flexibility index (Phi) is 4.37. The zero-order chi connectivity index (χ0) is 19.1. The normalized spacial score (nSPS) is 15.6. The number of aryl methyl sites for hydroxylation is 3. The maximum absolute atomic E-state index is 12.8. The van der Waals surface area contributed by atoms with Gasteiger partial charge in [0.1, 0.15) is 11.4 Å². The second kappa shape index (κ2) is 6.72. The van der Waals surface area contributed by atoms with Crippen LogP contribution in [0, 0.1) is 20.8 Å². The number of nitrogens with two attached hydrogens (primary N) is 1. The van der Waals surface area contributed by atoms with Crippen molar-refractivity contribution >= 4 is 22.8 Å². The molecule has 0 aliphatic carbocycles. The number of amides is 1. The van der Waals surface area contributed by atoms with Gasteiger partial charge in [-0.15, -0.1) is 5.10 Å².